The fourth-order valence-electron chi connectivity index (χ4n) is 2.40. The minimum atomic E-state index is -4.30. The highest BCUT2D eigenvalue weighted by molar-refractivity contribution is 5.27. The second-order valence-electron chi connectivity index (χ2n) is 5.51. The lowest BCUT2D eigenvalue weighted by Crippen LogP contribution is -2.45. The molecule has 0 saturated carbocycles. The molecule has 1 aromatic rings. The Morgan fingerprint density at radius 1 is 1.43 bits per heavy atom. The molecule has 2 rings (SSSR count). The van der Waals surface area contributed by atoms with E-state index in [1.165, 1.54) is 12.1 Å². The van der Waals surface area contributed by atoms with E-state index < -0.39 is 11.7 Å². The summed E-state index contributed by atoms with van der Waals surface area (Å²) in [7, 11) is 2.03. The Hall–Kier alpha value is -1.11. The van der Waals surface area contributed by atoms with Crippen molar-refractivity contribution in [2.45, 2.75) is 25.2 Å². The van der Waals surface area contributed by atoms with Crippen LogP contribution in [0.1, 0.15) is 24.1 Å². The summed E-state index contributed by atoms with van der Waals surface area (Å²) in [4.78, 5) is 2.19. The van der Waals surface area contributed by atoms with Crippen LogP contribution in [0.2, 0.25) is 0 Å². The van der Waals surface area contributed by atoms with E-state index in [-0.39, 0.29) is 12.1 Å². The van der Waals surface area contributed by atoms with Crippen LogP contribution in [0.4, 0.5) is 13.2 Å². The van der Waals surface area contributed by atoms with E-state index in [1.807, 2.05) is 14.0 Å². The molecule has 1 fully saturated rings. The van der Waals surface area contributed by atoms with Crippen molar-refractivity contribution in [2.24, 2.45) is 0 Å². The highest BCUT2D eigenvalue weighted by Crippen LogP contribution is 2.30. The summed E-state index contributed by atoms with van der Waals surface area (Å²) in [6, 6.07) is 5.30. The van der Waals surface area contributed by atoms with Gasteiger partial charge in [-0.3, -0.25) is 0 Å². The highest BCUT2D eigenvalue weighted by Gasteiger charge is 2.30. The lowest BCUT2D eigenvalue weighted by atomic mass is 10.0. The minimum Gasteiger partial charge on any atom is -0.374 e. The number of rotatable bonds is 4. The SMILES string of the molecule is CC(NCC1CN(C)CCO1)c1cccc(C(F)(F)F)c1. The van der Waals surface area contributed by atoms with Gasteiger partial charge in [0.2, 0.25) is 0 Å². The average molecular weight is 302 g/mol. The predicted molar refractivity (Wildman–Crippen MR) is 75.1 cm³/mol. The molecule has 0 amide bonds. The molecule has 6 heteroatoms. The minimum absolute atomic E-state index is 0.0806. The van der Waals surface area contributed by atoms with Crippen LogP contribution in [0, 0.1) is 0 Å². The van der Waals surface area contributed by atoms with E-state index >= 15 is 0 Å². The molecule has 0 spiro atoms. The van der Waals surface area contributed by atoms with Gasteiger partial charge in [-0.15, -0.1) is 0 Å². The van der Waals surface area contributed by atoms with E-state index in [1.54, 1.807) is 6.07 Å². The number of alkyl halides is 3. The van der Waals surface area contributed by atoms with E-state index in [9.17, 15) is 13.2 Å². The first-order valence-corrected chi connectivity index (χ1v) is 7.07. The number of halogens is 3. The standard InChI is InChI=1S/C15H21F3N2O/c1-11(19-9-14-10-20(2)6-7-21-14)12-4-3-5-13(8-12)15(16,17)18/h3-5,8,11,14,19H,6-7,9-10H2,1-2H3. The number of likely N-dealkylation sites (N-methyl/N-ethyl adjacent to an activating group) is 1. The summed E-state index contributed by atoms with van der Waals surface area (Å²) in [5.74, 6) is 0. The Kier molecular flexibility index (Phi) is 5.24. The summed E-state index contributed by atoms with van der Waals surface area (Å²) < 4.78 is 43.7. The molecule has 1 aliphatic rings. The third-order valence-electron chi connectivity index (χ3n) is 3.71. The zero-order valence-electron chi connectivity index (χ0n) is 12.3. The summed E-state index contributed by atoms with van der Waals surface area (Å²) in [5.41, 5.74) is 0.0243. The Labute approximate surface area is 123 Å². The molecule has 0 bridgehead atoms. The van der Waals surface area contributed by atoms with Gasteiger partial charge in [-0.05, 0) is 31.7 Å². The quantitative estimate of drug-likeness (QED) is 0.925. The number of nitrogens with zero attached hydrogens (tertiary/aromatic N) is 1. The molecule has 21 heavy (non-hydrogen) atoms. The zero-order chi connectivity index (χ0) is 15.5. The Bertz CT molecular complexity index is 464. The van der Waals surface area contributed by atoms with Gasteiger partial charge in [0, 0.05) is 25.7 Å². The maximum atomic E-state index is 12.7. The van der Waals surface area contributed by atoms with Crippen molar-refractivity contribution in [3.05, 3.63) is 35.4 Å². The molecule has 2 atom stereocenters. The molecule has 3 nitrogen and oxygen atoms in total. The van der Waals surface area contributed by atoms with Gasteiger partial charge in [-0.2, -0.15) is 13.2 Å². The summed E-state index contributed by atoms with van der Waals surface area (Å²) in [5, 5.41) is 3.25. The zero-order valence-corrected chi connectivity index (χ0v) is 12.3. The molecule has 0 radical (unpaired) electrons. The van der Waals surface area contributed by atoms with Crippen LogP contribution in [0.5, 0.6) is 0 Å². The molecule has 1 aromatic carbocycles. The normalized spacial score (nSPS) is 22.2. The van der Waals surface area contributed by atoms with E-state index in [2.05, 4.69) is 10.2 Å². The van der Waals surface area contributed by atoms with Gasteiger partial charge in [0.05, 0.1) is 18.3 Å². The monoisotopic (exact) mass is 302 g/mol. The molecule has 0 aliphatic carbocycles. The van der Waals surface area contributed by atoms with E-state index in [4.69, 9.17) is 4.74 Å². The molecule has 1 saturated heterocycles. The first-order valence-electron chi connectivity index (χ1n) is 7.07. The molecule has 118 valence electrons. The fourth-order valence-corrected chi connectivity index (χ4v) is 2.40. The smallest absolute Gasteiger partial charge is 0.374 e. The molecule has 2 unspecified atom stereocenters. The van der Waals surface area contributed by atoms with Crippen molar-refractivity contribution in [3.8, 4) is 0 Å². The predicted octanol–water partition coefficient (Wildman–Crippen LogP) is 2.69. The van der Waals surface area contributed by atoms with Crippen LogP contribution in [0.3, 0.4) is 0 Å². The maximum Gasteiger partial charge on any atom is 0.416 e. The molecular formula is C15H21F3N2O. The fraction of sp³-hybridized carbons (Fsp3) is 0.600. The second kappa shape index (κ2) is 6.77. The second-order valence-corrected chi connectivity index (χ2v) is 5.51. The Morgan fingerprint density at radius 3 is 2.86 bits per heavy atom. The van der Waals surface area contributed by atoms with Gasteiger partial charge in [0.25, 0.3) is 0 Å². The number of nitrogens with one attached hydrogen (secondary N) is 1. The third-order valence-corrected chi connectivity index (χ3v) is 3.71. The largest absolute Gasteiger partial charge is 0.416 e. The van der Waals surface area contributed by atoms with Gasteiger partial charge in [-0.25, -0.2) is 0 Å². The lowest BCUT2D eigenvalue weighted by Gasteiger charge is -2.31. The first-order chi connectivity index (χ1) is 9.86. The first kappa shape index (κ1) is 16.3. The van der Waals surface area contributed by atoms with Crippen molar-refractivity contribution >= 4 is 0 Å². The van der Waals surface area contributed by atoms with Crippen LogP contribution in [-0.2, 0) is 10.9 Å². The average Bonchev–Trinajstić information content (AvgIpc) is 2.44. The van der Waals surface area contributed by atoms with Crippen molar-refractivity contribution < 1.29 is 17.9 Å². The topological polar surface area (TPSA) is 24.5 Å². The van der Waals surface area contributed by atoms with Gasteiger partial charge >= 0.3 is 6.18 Å². The lowest BCUT2D eigenvalue weighted by molar-refractivity contribution is -0.137. The van der Waals surface area contributed by atoms with Gasteiger partial charge in [0.15, 0.2) is 0 Å². The highest BCUT2D eigenvalue weighted by atomic mass is 19.4. The van der Waals surface area contributed by atoms with Crippen LogP contribution in [0.15, 0.2) is 24.3 Å². The molecule has 1 N–H and O–H groups in total. The van der Waals surface area contributed by atoms with Gasteiger partial charge in [-0.1, -0.05) is 12.1 Å². The summed E-state index contributed by atoms with van der Waals surface area (Å²) in [6.45, 7) is 4.94. The molecule has 1 aliphatic heterocycles. The Balaban J connectivity index is 1.92. The van der Waals surface area contributed by atoms with Gasteiger partial charge < -0.3 is 15.0 Å². The van der Waals surface area contributed by atoms with Crippen LogP contribution in [-0.4, -0.2) is 44.3 Å². The van der Waals surface area contributed by atoms with Crippen molar-refractivity contribution in [2.75, 3.05) is 33.3 Å². The van der Waals surface area contributed by atoms with Crippen molar-refractivity contribution in [1.82, 2.24) is 10.2 Å². The van der Waals surface area contributed by atoms with Crippen LogP contribution >= 0.6 is 0 Å². The number of morpholine rings is 1. The number of ether oxygens (including phenoxy) is 1. The summed E-state index contributed by atoms with van der Waals surface area (Å²) in [6.07, 6.45) is -4.22. The van der Waals surface area contributed by atoms with Crippen molar-refractivity contribution in [1.29, 1.82) is 0 Å². The van der Waals surface area contributed by atoms with E-state index in [0.29, 0.717) is 18.7 Å². The van der Waals surface area contributed by atoms with Crippen LogP contribution in [0.25, 0.3) is 0 Å². The third kappa shape index (κ3) is 4.69. The molecular weight excluding hydrogens is 281 g/mol. The molecule has 1 heterocycles. The number of hydrogen-bond acceptors (Lipinski definition) is 3. The van der Waals surface area contributed by atoms with Gasteiger partial charge in [0.1, 0.15) is 0 Å². The van der Waals surface area contributed by atoms with Crippen molar-refractivity contribution in [3.63, 3.8) is 0 Å². The number of benzene rings is 1. The summed E-state index contributed by atoms with van der Waals surface area (Å²) >= 11 is 0. The molecule has 0 aromatic heterocycles. The Morgan fingerprint density at radius 2 is 2.19 bits per heavy atom. The number of hydrogen-bond donors (Lipinski definition) is 1. The van der Waals surface area contributed by atoms with E-state index in [0.717, 1.165) is 19.2 Å². The van der Waals surface area contributed by atoms with Crippen LogP contribution < -0.4 is 5.32 Å². The maximum absolute atomic E-state index is 12.7.